The molecule has 28 heavy (non-hydrogen) atoms. The van der Waals surface area contributed by atoms with Crippen LogP contribution in [0.3, 0.4) is 0 Å². The smallest absolute Gasteiger partial charge is 0.226 e. The monoisotopic (exact) mass is 412 g/mol. The van der Waals surface area contributed by atoms with E-state index in [-0.39, 0.29) is 24.7 Å². The summed E-state index contributed by atoms with van der Waals surface area (Å²) in [5.41, 5.74) is 1.88. The molecule has 0 spiro atoms. The van der Waals surface area contributed by atoms with Gasteiger partial charge in [-0.05, 0) is 36.1 Å². The van der Waals surface area contributed by atoms with Gasteiger partial charge in [0.25, 0.3) is 0 Å². The van der Waals surface area contributed by atoms with E-state index in [1.54, 1.807) is 40.4 Å². The van der Waals surface area contributed by atoms with Gasteiger partial charge in [0, 0.05) is 24.3 Å². The highest BCUT2D eigenvalue weighted by Crippen LogP contribution is 2.27. The fraction of sp³-hybridized carbons (Fsp3) is 0.150. The molecule has 4 aromatic rings. The number of nitrogens with one attached hydrogen (secondary N) is 1. The summed E-state index contributed by atoms with van der Waals surface area (Å²) >= 11 is 3.15. The Labute approximate surface area is 169 Å². The summed E-state index contributed by atoms with van der Waals surface area (Å²) in [7, 11) is 0. The fourth-order valence-corrected chi connectivity index (χ4v) is 4.45. The number of amides is 1. The third-order valence-corrected chi connectivity index (χ3v) is 6.14. The molecule has 0 aliphatic carbocycles. The Morgan fingerprint density at radius 3 is 2.89 bits per heavy atom. The van der Waals surface area contributed by atoms with Crippen molar-refractivity contribution in [2.75, 3.05) is 0 Å². The molecule has 1 aromatic carbocycles. The molecule has 0 unspecified atom stereocenters. The number of rotatable bonds is 6. The Morgan fingerprint density at radius 2 is 2.18 bits per heavy atom. The number of carbonyl (C=O) groups is 1. The molecule has 142 valence electrons. The predicted molar refractivity (Wildman–Crippen MR) is 109 cm³/mol. The Kier molecular flexibility index (Phi) is 5.31. The van der Waals surface area contributed by atoms with Gasteiger partial charge in [-0.15, -0.1) is 22.7 Å². The van der Waals surface area contributed by atoms with Crippen LogP contribution < -0.4 is 5.32 Å². The van der Waals surface area contributed by atoms with Gasteiger partial charge in [0.05, 0.1) is 22.7 Å². The topological polar surface area (TPSA) is 59.8 Å². The standard InChI is InChI=1S/C20H17FN4OS2/c1-13-22-6-7-25(13)17-5-4-14(9-16(17)21)11-23-19(26)10-15-12-28-20(24-15)18-3-2-8-27-18/h2-9,12H,10-11H2,1H3,(H,23,26). The number of benzene rings is 1. The zero-order valence-corrected chi connectivity index (χ0v) is 16.7. The lowest BCUT2D eigenvalue weighted by molar-refractivity contribution is -0.120. The lowest BCUT2D eigenvalue weighted by atomic mass is 10.2. The molecule has 0 atom stereocenters. The van der Waals surface area contributed by atoms with Crippen molar-refractivity contribution >= 4 is 28.6 Å². The summed E-state index contributed by atoms with van der Waals surface area (Å²) in [6, 6.07) is 8.92. The largest absolute Gasteiger partial charge is 0.352 e. The number of thiazole rings is 1. The van der Waals surface area contributed by atoms with E-state index in [0.29, 0.717) is 17.1 Å². The van der Waals surface area contributed by atoms with E-state index in [1.807, 2.05) is 29.8 Å². The molecule has 0 saturated heterocycles. The van der Waals surface area contributed by atoms with E-state index in [9.17, 15) is 9.18 Å². The normalized spacial score (nSPS) is 10.9. The van der Waals surface area contributed by atoms with Gasteiger partial charge < -0.3 is 9.88 Å². The molecule has 0 bridgehead atoms. The van der Waals surface area contributed by atoms with Crippen molar-refractivity contribution in [2.24, 2.45) is 0 Å². The van der Waals surface area contributed by atoms with Crippen LogP contribution in [0.25, 0.3) is 15.6 Å². The molecule has 0 saturated carbocycles. The SMILES string of the molecule is Cc1nccn1-c1ccc(CNC(=O)Cc2csc(-c3cccs3)n2)cc1F. The zero-order valence-electron chi connectivity index (χ0n) is 15.1. The minimum atomic E-state index is -0.354. The first-order chi connectivity index (χ1) is 13.6. The number of imidazole rings is 1. The highest BCUT2D eigenvalue weighted by atomic mass is 32.1. The van der Waals surface area contributed by atoms with Crippen LogP contribution in [0.4, 0.5) is 4.39 Å². The molecule has 0 aliphatic rings. The molecule has 4 rings (SSSR count). The van der Waals surface area contributed by atoms with Crippen LogP contribution in [0.2, 0.25) is 0 Å². The number of thiophene rings is 1. The number of aryl methyl sites for hydroxylation is 1. The van der Waals surface area contributed by atoms with Crippen LogP contribution in [0.1, 0.15) is 17.1 Å². The second-order valence-corrected chi connectivity index (χ2v) is 8.01. The zero-order chi connectivity index (χ0) is 19.5. The molecular formula is C20H17FN4OS2. The summed E-state index contributed by atoms with van der Waals surface area (Å²) < 4.78 is 16.1. The average Bonchev–Trinajstić information content (AvgIpc) is 3.42. The van der Waals surface area contributed by atoms with E-state index in [0.717, 1.165) is 15.6 Å². The third kappa shape index (κ3) is 4.02. The predicted octanol–water partition coefficient (Wildman–Crippen LogP) is 4.36. The molecule has 5 nitrogen and oxygen atoms in total. The van der Waals surface area contributed by atoms with Crippen molar-refractivity contribution in [3.8, 4) is 15.6 Å². The number of hydrogen-bond donors (Lipinski definition) is 1. The minimum absolute atomic E-state index is 0.141. The molecular weight excluding hydrogens is 395 g/mol. The van der Waals surface area contributed by atoms with E-state index >= 15 is 0 Å². The van der Waals surface area contributed by atoms with Crippen molar-refractivity contribution in [3.63, 3.8) is 0 Å². The molecule has 0 radical (unpaired) electrons. The second kappa shape index (κ2) is 8.04. The fourth-order valence-electron chi connectivity index (χ4n) is 2.82. The third-order valence-electron chi connectivity index (χ3n) is 4.21. The molecule has 0 fully saturated rings. The van der Waals surface area contributed by atoms with Crippen LogP contribution >= 0.6 is 22.7 Å². The van der Waals surface area contributed by atoms with Crippen LogP contribution in [-0.2, 0) is 17.8 Å². The van der Waals surface area contributed by atoms with Crippen molar-refractivity contribution in [1.82, 2.24) is 19.9 Å². The van der Waals surface area contributed by atoms with Gasteiger partial charge in [0.1, 0.15) is 16.6 Å². The summed E-state index contributed by atoms with van der Waals surface area (Å²) in [6.45, 7) is 2.08. The Morgan fingerprint density at radius 1 is 1.29 bits per heavy atom. The second-order valence-electron chi connectivity index (χ2n) is 6.21. The first kappa shape index (κ1) is 18.5. The molecule has 0 aliphatic heterocycles. The van der Waals surface area contributed by atoms with Crippen molar-refractivity contribution < 1.29 is 9.18 Å². The van der Waals surface area contributed by atoms with E-state index < -0.39 is 0 Å². The molecule has 1 N–H and O–H groups in total. The molecule has 3 heterocycles. The number of carbonyl (C=O) groups excluding carboxylic acids is 1. The maximum Gasteiger partial charge on any atom is 0.226 e. The first-order valence-corrected chi connectivity index (χ1v) is 10.4. The quantitative estimate of drug-likeness (QED) is 0.512. The van der Waals surface area contributed by atoms with Gasteiger partial charge in [-0.25, -0.2) is 14.4 Å². The number of aromatic nitrogens is 3. The lowest BCUT2D eigenvalue weighted by Crippen LogP contribution is -2.24. The van der Waals surface area contributed by atoms with Gasteiger partial charge in [-0.3, -0.25) is 4.79 Å². The Balaban J connectivity index is 1.36. The Hall–Kier alpha value is -2.84. The molecule has 8 heteroatoms. The highest BCUT2D eigenvalue weighted by molar-refractivity contribution is 7.20. The van der Waals surface area contributed by atoms with Crippen molar-refractivity contribution in [1.29, 1.82) is 0 Å². The summed E-state index contributed by atoms with van der Waals surface area (Å²) in [6.07, 6.45) is 3.55. The van der Waals surface area contributed by atoms with E-state index in [1.165, 1.54) is 17.4 Å². The molecule has 3 aromatic heterocycles. The van der Waals surface area contributed by atoms with Crippen molar-refractivity contribution in [2.45, 2.75) is 19.9 Å². The number of hydrogen-bond acceptors (Lipinski definition) is 5. The van der Waals surface area contributed by atoms with Crippen LogP contribution in [0, 0.1) is 12.7 Å². The van der Waals surface area contributed by atoms with Gasteiger partial charge in [-0.2, -0.15) is 0 Å². The minimum Gasteiger partial charge on any atom is -0.352 e. The lowest BCUT2D eigenvalue weighted by Gasteiger charge is -2.09. The summed E-state index contributed by atoms with van der Waals surface area (Å²) in [5.74, 6) is 0.219. The first-order valence-electron chi connectivity index (χ1n) is 8.64. The number of halogens is 1. The maximum absolute atomic E-state index is 14.4. The van der Waals surface area contributed by atoms with Gasteiger partial charge in [-0.1, -0.05) is 12.1 Å². The highest BCUT2D eigenvalue weighted by Gasteiger charge is 2.11. The molecule has 1 amide bonds. The van der Waals surface area contributed by atoms with Gasteiger partial charge in [0.15, 0.2) is 0 Å². The Bertz CT molecular complexity index is 1100. The maximum atomic E-state index is 14.4. The van der Waals surface area contributed by atoms with Crippen LogP contribution in [-0.4, -0.2) is 20.4 Å². The summed E-state index contributed by atoms with van der Waals surface area (Å²) in [4.78, 5) is 21.9. The van der Waals surface area contributed by atoms with Crippen molar-refractivity contribution in [3.05, 3.63) is 76.4 Å². The van der Waals surface area contributed by atoms with Crippen LogP contribution in [0.15, 0.2) is 53.5 Å². The van der Waals surface area contributed by atoms with Crippen LogP contribution in [0.5, 0.6) is 0 Å². The van der Waals surface area contributed by atoms with E-state index in [4.69, 9.17) is 0 Å². The summed E-state index contributed by atoms with van der Waals surface area (Å²) in [5, 5.41) is 7.65. The average molecular weight is 413 g/mol. The van der Waals surface area contributed by atoms with E-state index in [2.05, 4.69) is 15.3 Å². The van der Waals surface area contributed by atoms with Gasteiger partial charge in [0.2, 0.25) is 5.91 Å². The number of nitrogens with zero attached hydrogens (tertiary/aromatic N) is 3. The van der Waals surface area contributed by atoms with Gasteiger partial charge >= 0.3 is 0 Å².